The molecule has 0 spiro atoms. The largest absolute Gasteiger partial charge is 1.00 e. The van der Waals surface area contributed by atoms with E-state index in [0.717, 1.165) is 79.5 Å². The number of ether oxygens (including phenoxy) is 4. The van der Waals surface area contributed by atoms with E-state index in [4.69, 9.17) is 28.9 Å². The minimum Gasteiger partial charge on any atom is -1.00 e. The van der Waals surface area contributed by atoms with Crippen LogP contribution in [-0.2, 0) is 6.54 Å². The first-order chi connectivity index (χ1) is 31.8. The van der Waals surface area contributed by atoms with E-state index in [9.17, 15) is 9.59 Å². The number of H-pyrrole nitrogens is 1. The third-order valence-corrected chi connectivity index (χ3v) is 14.6. The average molecular weight is 972 g/mol. The Morgan fingerprint density at radius 3 is 1.53 bits per heavy atom. The van der Waals surface area contributed by atoms with E-state index < -0.39 is 0 Å². The molecule has 2 aromatic heterocycles. The van der Waals surface area contributed by atoms with E-state index >= 15 is 0 Å². The van der Waals surface area contributed by atoms with Gasteiger partial charge in [-0.15, -0.1) is 0 Å². The molecule has 14 heteroatoms. The summed E-state index contributed by atoms with van der Waals surface area (Å²) in [6.45, 7) is 3.95. The van der Waals surface area contributed by atoms with Gasteiger partial charge < -0.3 is 39.7 Å². The fourth-order valence-electron chi connectivity index (χ4n) is 9.27. The molecule has 346 valence electrons. The molecule has 12 nitrogen and oxygen atoms in total. The van der Waals surface area contributed by atoms with Gasteiger partial charge in [0.1, 0.15) is 34.6 Å². The van der Waals surface area contributed by atoms with Gasteiger partial charge in [-0.2, -0.15) is 0 Å². The minimum atomic E-state index is 0. The minimum absolute atomic E-state index is 0. The molecule has 0 unspecified atom stereocenters. The molecule has 0 atom stereocenters. The Bertz CT molecular complexity index is 2470. The topological polar surface area (TPSA) is 124 Å². The number of halogens is 1. The number of amides is 2. The van der Waals surface area contributed by atoms with Crippen molar-refractivity contribution in [3.05, 3.63) is 108 Å². The van der Waals surface area contributed by atoms with Crippen molar-refractivity contribution in [2.24, 2.45) is 11.8 Å². The van der Waals surface area contributed by atoms with Crippen LogP contribution < -0.4 is 48.5 Å². The molecule has 2 aliphatic heterocycles. The molecule has 6 aromatic rings. The van der Waals surface area contributed by atoms with Crippen LogP contribution in [0.5, 0.6) is 23.0 Å². The first-order valence-electron chi connectivity index (χ1n) is 23.3. The van der Waals surface area contributed by atoms with Crippen LogP contribution in [0, 0.1) is 11.8 Å². The van der Waals surface area contributed by atoms with Crippen molar-refractivity contribution in [1.82, 2.24) is 29.3 Å². The molecule has 4 aromatic carbocycles. The molecule has 2 aliphatic carbocycles. The third kappa shape index (κ3) is 11.8. The maximum atomic E-state index is 13.2. The molecule has 1 N–H and O–H groups in total. The molecular formula is C52H64BrN6NaO6. The number of imidazole rings is 2. The Morgan fingerprint density at radius 1 is 0.621 bits per heavy atom. The molecule has 4 aliphatic rings. The van der Waals surface area contributed by atoms with Crippen molar-refractivity contribution >= 4 is 49.8 Å². The first-order valence-corrected chi connectivity index (χ1v) is 24.4. The maximum Gasteiger partial charge on any atom is 1.00 e. The zero-order valence-corrected chi connectivity index (χ0v) is 42.9. The number of para-hydroxylation sites is 4. The van der Waals surface area contributed by atoms with Crippen LogP contribution in [0.15, 0.2) is 84.9 Å². The number of carbonyl (C=O) groups is 2. The number of rotatable bonds is 11. The van der Waals surface area contributed by atoms with Crippen molar-refractivity contribution in [3.8, 4) is 23.0 Å². The predicted octanol–water partition coefficient (Wildman–Crippen LogP) is 7.77. The number of aromatic nitrogens is 4. The summed E-state index contributed by atoms with van der Waals surface area (Å²) in [6, 6.07) is 27.2. The van der Waals surface area contributed by atoms with Crippen LogP contribution in [-0.4, -0.2) is 101 Å². The number of benzene rings is 4. The van der Waals surface area contributed by atoms with Gasteiger partial charge in [-0.25, -0.2) is 9.97 Å². The molecule has 2 saturated carbocycles. The standard InChI is InChI=1S/C26H31N3O3.C21H23N3O3.C5H9Br.Na.H/c1-31-21-14-20(15-22(16-21)32-2)26(30)28-12-10-19(11-13-28)25-27-23-8-3-4-9-24(23)29(25)17-18-6-5-7-18;1-26-16-11-15(12-17(13-16)27-2)21(25)24-9-7-14(8-10-24)20-22-18-5-3-4-6-19(18)23-20;6-4-5-2-1-3-5;;/h3-4,8-9,14-16,18-19H,5-7,10-13,17H2,1-2H3;3-6,11-14H,7-10H2,1-2H3,(H,22,23);5H,1-4H2;;/q;;;+1;-1. The Hall–Kier alpha value is -4.56. The fourth-order valence-corrected chi connectivity index (χ4v) is 9.92. The number of hydrogen-bond donors (Lipinski definition) is 1. The molecule has 10 rings (SSSR count). The number of piperidine rings is 2. The number of methoxy groups -OCH3 is 4. The van der Waals surface area contributed by atoms with Gasteiger partial charge in [-0.05, 0) is 112 Å². The van der Waals surface area contributed by atoms with Gasteiger partial charge in [0.15, 0.2) is 0 Å². The SMILES string of the molecule is BrCC1CCC1.COc1cc(OC)cc(C(=O)N2CCC(c3nc4ccccc4[nH]3)CC2)c1.COc1cc(OC)cc(C(=O)N2CCC(c3nc4ccccc4n3CC3CCC3)CC2)c1.[H-].[Na+]. The van der Waals surface area contributed by atoms with E-state index in [1.165, 1.54) is 55.2 Å². The fraction of sp³-hybridized carbons (Fsp3) is 0.462. The first kappa shape index (κ1) is 49.3. The van der Waals surface area contributed by atoms with Crippen molar-refractivity contribution in [2.45, 2.75) is 82.6 Å². The monoisotopic (exact) mass is 970 g/mol. The zero-order chi connectivity index (χ0) is 45.3. The average Bonchev–Trinajstić information content (AvgIpc) is 3.94. The van der Waals surface area contributed by atoms with Gasteiger partial charge in [-0.3, -0.25) is 9.59 Å². The van der Waals surface area contributed by atoms with Crippen molar-refractivity contribution < 1.29 is 59.5 Å². The number of likely N-dealkylation sites (tertiary alicyclic amines) is 2. The van der Waals surface area contributed by atoms with Crippen LogP contribution in [0.3, 0.4) is 0 Å². The van der Waals surface area contributed by atoms with Gasteiger partial charge in [0, 0.05) is 73.1 Å². The van der Waals surface area contributed by atoms with Crippen molar-refractivity contribution in [3.63, 3.8) is 0 Å². The summed E-state index contributed by atoms with van der Waals surface area (Å²) in [7, 11) is 6.37. The van der Waals surface area contributed by atoms with Gasteiger partial charge in [0.05, 0.1) is 50.5 Å². The summed E-state index contributed by atoms with van der Waals surface area (Å²) < 4.78 is 23.7. The number of alkyl halides is 1. The van der Waals surface area contributed by atoms with Crippen molar-refractivity contribution in [2.75, 3.05) is 59.9 Å². The van der Waals surface area contributed by atoms with Gasteiger partial charge in [0.2, 0.25) is 0 Å². The second-order valence-corrected chi connectivity index (χ2v) is 18.4. The van der Waals surface area contributed by atoms with Crippen molar-refractivity contribution in [1.29, 1.82) is 0 Å². The Balaban J connectivity index is 0.000000193. The summed E-state index contributed by atoms with van der Waals surface area (Å²) in [5.74, 6) is 7.30. The van der Waals surface area contributed by atoms with Gasteiger partial charge in [-0.1, -0.05) is 53.0 Å². The molecule has 0 radical (unpaired) electrons. The summed E-state index contributed by atoms with van der Waals surface area (Å²) in [4.78, 5) is 43.1. The second kappa shape index (κ2) is 23.4. The van der Waals surface area contributed by atoms with Crippen LogP contribution in [0.2, 0.25) is 0 Å². The molecule has 4 fully saturated rings. The summed E-state index contributed by atoms with van der Waals surface area (Å²) in [5, 5.41) is 1.23. The molecule has 0 bridgehead atoms. The number of aromatic amines is 1. The number of hydrogen-bond acceptors (Lipinski definition) is 8. The number of nitrogens with one attached hydrogen (secondary N) is 1. The van der Waals surface area contributed by atoms with Crippen LogP contribution in [0.1, 0.15) is 110 Å². The number of carbonyl (C=O) groups excluding carboxylic acids is 2. The van der Waals surface area contributed by atoms with Gasteiger partial charge in [0.25, 0.3) is 11.8 Å². The smallest absolute Gasteiger partial charge is 1.00 e. The van der Waals surface area contributed by atoms with Crippen LogP contribution in [0.25, 0.3) is 22.1 Å². The van der Waals surface area contributed by atoms with Crippen LogP contribution in [0.4, 0.5) is 0 Å². The normalized spacial score (nSPS) is 16.7. The van der Waals surface area contributed by atoms with E-state index in [2.05, 4.69) is 49.7 Å². The van der Waals surface area contributed by atoms with Gasteiger partial charge >= 0.3 is 29.6 Å². The maximum absolute atomic E-state index is 13.2. The predicted molar refractivity (Wildman–Crippen MR) is 260 cm³/mol. The molecule has 2 amide bonds. The van der Waals surface area contributed by atoms with E-state index in [0.29, 0.717) is 59.1 Å². The molecule has 2 saturated heterocycles. The molecule has 4 heterocycles. The van der Waals surface area contributed by atoms with E-state index in [1.807, 2.05) is 34.1 Å². The Labute approximate surface area is 421 Å². The molecule has 66 heavy (non-hydrogen) atoms. The molecular weight excluding hydrogens is 908 g/mol. The summed E-state index contributed by atoms with van der Waals surface area (Å²) >= 11 is 3.43. The number of nitrogens with zero attached hydrogens (tertiary/aromatic N) is 5. The third-order valence-electron chi connectivity index (χ3n) is 13.7. The Kier molecular flexibility index (Phi) is 17.5. The van der Waals surface area contributed by atoms with Crippen LogP contribution >= 0.6 is 15.9 Å². The Morgan fingerprint density at radius 2 is 1.09 bits per heavy atom. The second-order valence-electron chi connectivity index (χ2n) is 17.8. The van der Waals surface area contributed by atoms with E-state index in [-0.39, 0.29) is 42.8 Å². The van der Waals surface area contributed by atoms with E-state index in [1.54, 1.807) is 64.8 Å². The quantitative estimate of drug-likeness (QED) is 0.103. The summed E-state index contributed by atoms with van der Waals surface area (Å²) in [5.41, 5.74) is 5.59. The number of fused-ring (bicyclic) bond motifs is 2. The zero-order valence-electron chi connectivity index (χ0n) is 40.3. The summed E-state index contributed by atoms with van der Waals surface area (Å²) in [6.07, 6.45) is 12.0.